The third-order valence-corrected chi connectivity index (χ3v) is 7.88. The molecule has 0 radical (unpaired) electrons. The first-order valence-electron chi connectivity index (χ1n) is 15.6. The van der Waals surface area contributed by atoms with E-state index in [1.54, 1.807) is 17.7 Å². The van der Waals surface area contributed by atoms with Crippen LogP contribution in [0, 0.1) is 5.82 Å². The Bertz CT molecular complexity index is 1910. The second-order valence-corrected chi connectivity index (χ2v) is 12.9. The molecule has 52 heavy (non-hydrogen) atoms. The topological polar surface area (TPSA) is 118 Å². The number of aryl methyl sites for hydroxylation is 1. The minimum atomic E-state index is -2.82. The Balaban J connectivity index is 0.000000930. The van der Waals surface area contributed by atoms with Crippen molar-refractivity contribution in [1.82, 2.24) is 14.9 Å². The molecule has 0 aliphatic carbocycles. The van der Waals surface area contributed by atoms with E-state index in [4.69, 9.17) is 44.6 Å². The van der Waals surface area contributed by atoms with Gasteiger partial charge in [0.05, 0.1) is 37.4 Å². The van der Waals surface area contributed by atoms with Gasteiger partial charge < -0.3 is 30.4 Å². The average molecular weight is 795 g/mol. The fourth-order valence-corrected chi connectivity index (χ4v) is 4.61. The molecule has 2 amide bonds. The summed E-state index contributed by atoms with van der Waals surface area (Å²) in [6.07, 6.45) is -2.82. The summed E-state index contributed by atoms with van der Waals surface area (Å²) in [6.45, 7) is 10.7. The van der Waals surface area contributed by atoms with E-state index in [0.717, 1.165) is 19.9 Å². The van der Waals surface area contributed by atoms with Crippen LogP contribution < -0.4 is 20.7 Å². The van der Waals surface area contributed by atoms with Gasteiger partial charge in [0.25, 0.3) is 18.2 Å². The van der Waals surface area contributed by atoms with Crippen LogP contribution in [0.2, 0.25) is 15.1 Å². The van der Waals surface area contributed by atoms with Crippen LogP contribution in [-0.4, -0.2) is 50.8 Å². The van der Waals surface area contributed by atoms with E-state index in [1.165, 1.54) is 44.2 Å². The van der Waals surface area contributed by atoms with Gasteiger partial charge in [-0.2, -0.15) is 0 Å². The van der Waals surface area contributed by atoms with Crippen LogP contribution in [0.3, 0.4) is 0 Å². The van der Waals surface area contributed by atoms with Crippen molar-refractivity contribution in [2.45, 2.75) is 65.9 Å². The monoisotopic (exact) mass is 793 g/mol. The summed E-state index contributed by atoms with van der Waals surface area (Å²) in [5, 5.41) is 16.5. The first-order chi connectivity index (χ1) is 24.1. The standard InChI is InChI=1S/C28H24Cl3F4N5O3.C5H9FO.C2H6/c1-28(2,35)26(42)36-11-13-4-6-16(29)24(23(13)31)39-27-38-19-9-15(21(43-12-22(33)34)10-20(19)40(27)3)25(41)37-14-5-7-18(32)17(30)8-14;1-4(7)5(2,3)6;1-2/h4-10,22H,11-12H2,1-3H3,(H,36,42)(H,37,41)(H,38,39);7H,1H2,2-3H3;1-2H3. The molecular weight excluding hydrogens is 756 g/mol. The summed E-state index contributed by atoms with van der Waals surface area (Å²) >= 11 is 18.8. The number of anilines is 3. The Morgan fingerprint density at radius 1 is 1.00 bits per heavy atom. The van der Waals surface area contributed by atoms with Crippen LogP contribution in [0.5, 0.6) is 5.75 Å². The number of amides is 2. The Morgan fingerprint density at radius 2 is 1.62 bits per heavy atom. The Labute approximate surface area is 313 Å². The molecule has 1 heterocycles. The second kappa shape index (κ2) is 18.5. The second-order valence-electron chi connectivity index (χ2n) is 11.7. The van der Waals surface area contributed by atoms with Crippen LogP contribution in [0.15, 0.2) is 54.8 Å². The molecule has 0 atom stereocenters. The van der Waals surface area contributed by atoms with E-state index >= 15 is 0 Å². The van der Waals surface area contributed by atoms with Gasteiger partial charge in [0.15, 0.2) is 11.3 Å². The van der Waals surface area contributed by atoms with E-state index in [9.17, 15) is 31.5 Å². The maximum Gasteiger partial charge on any atom is 0.272 e. The maximum atomic E-state index is 13.9. The first kappa shape index (κ1) is 43.9. The van der Waals surface area contributed by atoms with E-state index in [-0.39, 0.29) is 55.8 Å². The molecule has 0 fully saturated rings. The Kier molecular flexibility index (Phi) is 15.6. The van der Waals surface area contributed by atoms with Gasteiger partial charge in [0, 0.05) is 25.3 Å². The number of fused-ring (bicyclic) bond motifs is 1. The molecule has 4 aromatic rings. The number of ether oxygens (including phenoxy) is 1. The van der Waals surface area contributed by atoms with Crippen LogP contribution in [-0.2, 0) is 18.4 Å². The molecule has 0 bridgehead atoms. The molecule has 3 aromatic carbocycles. The molecule has 17 heteroatoms. The average Bonchev–Trinajstić information content (AvgIpc) is 3.36. The smallest absolute Gasteiger partial charge is 0.272 e. The van der Waals surface area contributed by atoms with Crippen molar-refractivity contribution in [3.63, 3.8) is 0 Å². The van der Waals surface area contributed by atoms with Crippen LogP contribution >= 0.6 is 34.8 Å². The summed E-state index contributed by atoms with van der Waals surface area (Å²) in [4.78, 5) is 29.6. The van der Waals surface area contributed by atoms with Crippen molar-refractivity contribution in [2.75, 3.05) is 17.2 Å². The zero-order valence-corrected chi connectivity index (χ0v) is 31.6. The number of aliphatic hydroxyl groups excluding tert-OH is 1. The minimum Gasteiger partial charge on any atom is -0.510 e. The first-order valence-corrected chi connectivity index (χ1v) is 16.7. The van der Waals surface area contributed by atoms with Crippen molar-refractivity contribution in [3.05, 3.63) is 86.8 Å². The summed E-state index contributed by atoms with van der Waals surface area (Å²) in [7, 11) is 1.62. The van der Waals surface area contributed by atoms with Crippen molar-refractivity contribution < 1.29 is 41.4 Å². The molecule has 0 aliphatic rings. The van der Waals surface area contributed by atoms with Gasteiger partial charge in [-0.05, 0) is 63.6 Å². The summed E-state index contributed by atoms with van der Waals surface area (Å²) in [5.74, 6) is -2.63. The molecule has 0 unspecified atom stereocenters. The molecule has 4 rings (SSSR count). The lowest BCUT2D eigenvalue weighted by atomic mass is 10.1. The number of aliphatic hydroxyl groups is 1. The minimum absolute atomic E-state index is 0.0814. The fraction of sp³-hybridized carbons (Fsp3) is 0.343. The lowest BCUT2D eigenvalue weighted by molar-refractivity contribution is -0.130. The number of carbonyl (C=O) groups excluding carboxylic acids is 2. The predicted octanol–water partition coefficient (Wildman–Crippen LogP) is 10.5. The van der Waals surface area contributed by atoms with Crippen molar-refractivity contribution in [3.8, 4) is 5.75 Å². The number of imidazole rings is 1. The maximum absolute atomic E-state index is 13.9. The highest BCUT2D eigenvalue weighted by molar-refractivity contribution is 6.39. The lowest BCUT2D eigenvalue weighted by Crippen LogP contribution is -2.38. The van der Waals surface area contributed by atoms with Gasteiger partial charge >= 0.3 is 0 Å². The van der Waals surface area contributed by atoms with Gasteiger partial charge in [0.1, 0.15) is 23.9 Å². The Hall–Kier alpha value is -4.27. The van der Waals surface area contributed by atoms with Gasteiger partial charge in [-0.15, -0.1) is 0 Å². The van der Waals surface area contributed by atoms with Gasteiger partial charge in [-0.25, -0.2) is 26.9 Å². The summed E-state index contributed by atoms with van der Waals surface area (Å²) < 4.78 is 72.5. The SMILES string of the molecule is C=C(O)C(C)(C)F.CC.Cn1c(Nc2c(Cl)ccc(CNC(=O)C(C)(C)F)c2Cl)nc2cc(C(=O)Nc3ccc(F)c(Cl)c3)c(OCC(F)F)cc21. The van der Waals surface area contributed by atoms with E-state index < -0.39 is 47.8 Å². The van der Waals surface area contributed by atoms with Gasteiger partial charge in [-0.3, -0.25) is 9.59 Å². The Morgan fingerprint density at radius 3 is 2.15 bits per heavy atom. The van der Waals surface area contributed by atoms with Crippen LogP contribution in [0.25, 0.3) is 11.0 Å². The number of aromatic nitrogens is 2. The third kappa shape index (κ3) is 11.9. The van der Waals surface area contributed by atoms with E-state index in [0.29, 0.717) is 11.1 Å². The zero-order valence-electron chi connectivity index (χ0n) is 29.3. The molecule has 4 N–H and O–H groups in total. The van der Waals surface area contributed by atoms with Crippen molar-refractivity contribution in [1.29, 1.82) is 0 Å². The number of benzene rings is 3. The van der Waals surface area contributed by atoms with Crippen LogP contribution in [0.1, 0.15) is 57.5 Å². The molecule has 284 valence electrons. The number of allylic oxidation sites excluding steroid dienone is 1. The fourth-order valence-electron chi connectivity index (χ4n) is 3.90. The highest BCUT2D eigenvalue weighted by atomic mass is 35.5. The van der Waals surface area contributed by atoms with Crippen molar-refractivity contribution in [2.24, 2.45) is 7.05 Å². The van der Waals surface area contributed by atoms with Gasteiger partial charge in [0.2, 0.25) is 5.95 Å². The summed E-state index contributed by atoms with van der Waals surface area (Å²) in [5.41, 5.74) is -2.35. The molecular formula is C35H39Cl3F5N5O4. The number of halogens is 8. The number of carbonyl (C=O) groups is 2. The lowest BCUT2D eigenvalue weighted by Gasteiger charge is -2.16. The number of nitrogens with zero attached hydrogens (tertiary/aromatic N) is 2. The predicted molar refractivity (Wildman–Crippen MR) is 197 cm³/mol. The largest absolute Gasteiger partial charge is 0.510 e. The van der Waals surface area contributed by atoms with Crippen LogP contribution in [0.4, 0.5) is 39.3 Å². The van der Waals surface area contributed by atoms with Crippen molar-refractivity contribution >= 4 is 75.0 Å². The number of hydrogen-bond acceptors (Lipinski definition) is 6. The number of nitrogens with one attached hydrogen (secondary N) is 3. The number of rotatable bonds is 11. The zero-order chi connectivity index (χ0) is 39.7. The highest BCUT2D eigenvalue weighted by Gasteiger charge is 2.27. The van der Waals surface area contributed by atoms with E-state index in [2.05, 4.69) is 27.5 Å². The molecule has 0 spiro atoms. The van der Waals surface area contributed by atoms with E-state index in [1.807, 2.05) is 13.8 Å². The number of alkyl halides is 4. The molecule has 1 aromatic heterocycles. The van der Waals surface area contributed by atoms with Gasteiger partial charge in [-0.1, -0.05) is 61.3 Å². The molecule has 0 aliphatic heterocycles. The molecule has 0 saturated carbocycles. The normalized spacial score (nSPS) is 11.2. The molecule has 9 nitrogen and oxygen atoms in total. The number of hydrogen-bond donors (Lipinski definition) is 4. The molecule has 0 saturated heterocycles. The summed E-state index contributed by atoms with van der Waals surface area (Å²) in [6, 6.07) is 9.36. The highest BCUT2D eigenvalue weighted by Crippen LogP contribution is 2.37. The quantitative estimate of drug-likeness (QED) is 0.0887. The third-order valence-electron chi connectivity index (χ3n) is 6.84.